The van der Waals surface area contributed by atoms with Gasteiger partial charge in [0.1, 0.15) is 11.2 Å². The number of methoxy groups -OCH3 is 1. The summed E-state index contributed by atoms with van der Waals surface area (Å²) in [5, 5.41) is 8.22. The van der Waals surface area contributed by atoms with Crippen LogP contribution in [0.2, 0.25) is 0 Å². The van der Waals surface area contributed by atoms with E-state index in [1.165, 1.54) is 23.3 Å². The first-order valence-corrected chi connectivity index (χ1v) is 9.44. The Morgan fingerprint density at radius 3 is 3.24 bits per heavy atom. The summed E-state index contributed by atoms with van der Waals surface area (Å²) in [7, 11) is 1.65. The van der Waals surface area contributed by atoms with Crippen molar-refractivity contribution in [3.8, 4) is 0 Å². The molecule has 1 atom stereocenters. The van der Waals surface area contributed by atoms with Crippen molar-refractivity contribution in [3.63, 3.8) is 0 Å². The molecular weight excluding hydrogens is 338 g/mol. The van der Waals surface area contributed by atoms with Crippen LogP contribution in [-0.4, -0.2) is 45.8 Å². The fourth-order valence-corrected chi connectivity index (χ4v) is 4.78. The zero-order valence-electron chi connectivity index (χ0n) is 14.4. The van der Waals surface area contributed by atoms with Gasteiger partial charge in [-0.15, -0.1) is 16.4 Å². The summed E-state index contributed by atoms with van der Waals surface area (Å²) in [6, 6.07) is 0. The number of hydrogen-bond acceptors (Lipinski definition) is 6. The summed E-state index contributed by atoms with van der Waals surface area (Å²) in [6.07, 6.45) is 5.92. The van der Waals surface area contributed by atoms with Gasteiger partial charge in [0.2, 0.25) is 5.82 Å². The van der Waals surface area contributed by atoms with Crippen molar-refractivity contribution in [2.24, 2.45) is 0 Å². The molecule has 132 valence electrons. The molecule has 1 aliphatic carbocycles. The molecule has 0 aliphatic heterocycles. The van der Waals surface area contributed by atoms with Crippen molar-refractivity contribution in [1.82, 2.24) is 24.9 Å². The molecule has 3 aromatic heterocycles. The molecule has 0 bridgehead atoms. The van der Waals surface area contributed by atoms with Gasteiger partial charge in [-0.1, -0.05) is 6.92 Å². The van der Waals surface area contributed by atoms with Crippen LogP contribution in [0.15, 0.2) is 6.33 Å². The van der Waals surface area contributed by atoms with Crippen LogP contribution >= 0.6 is 11.3 Å². The van der Waals surface area contributed by atoms with Gasteiger partial charge in [0.15, 0.2) is 5.65 Å². The van der Waals surface area contributed by atoms with Crippen LogP contribution in [0, 0.1) is 0 Å². The third kappa shape index (κ3) is 2.89. The first-order chi connectivity index (χ1) is 12.2. The molecule has 4 rings (SSSR count). The monoisotopic (exact) mass is 359 g/mol. The zero-order chi connectivity index (χ0) is 17.4. The summed E-state index contributed by atoms with van der Waals surface area (Å²) in [6.45, 7) is 3.41. The van der Waals surface area contributed by atoms with Crippen LogP contribution in [-0.2, 0) is 11.2 Å². The van der Waals surface area contributed by atoms with Gasteiger partial charge in [-0.2, -0.15) is 0 Å². The van der Waals surface area contributed by atoms with Crippen LogP contribution in [0.1, 0.15) is 53.2 Å². The average Bonchev–Trinajstić information content (AvgIpc) is 3.19. The predicted molar refractivity (Wildman–Crippen MR) is 96.3 cm³/mol. The quantitative estimate of drug-likeness (QED) is 0.708. The van der Waals surface area contributed by atoms with Gasteiger partial charge in [0.25, 0.3) is 5.91 Å². The number of nitrogens with one attached hydrogen (secondary N) is 1. The fraction of sp³-hybridized carbons (Fsp3) is 0.529. The van der Waals surface area contributed by atoms with E-state index in [0.717, 1.165) is 28.7 Å². The topological polar surface area (TPSA) is 81.4 Å². The Bertz CT molecular complexity index is 932. The molecule has 1 aliphatic rings. The number of thiophene rings is 1. The Balaban J connectivity index is 1.72. The molecule has 3 heterocycles. The van der Waals surface area contributed by atoms with Crippen molar-refractivity contribution >= 4 is 33.1 Å². The lowest BCUT2D eigenvalue weighted by atomic mass is 9.87. The van der Waals surface area contributed by atoms with Crippen molar-refractivity contribution in [1.29, 1.82) is 0 Å². The van der Waals surface area contributed by atoms with Crippen molar-refractivity contribution in [2.75, 3.05) is 20.3 Å². The second-order valence-electron chi connectivity index (χ2n) is 6.46. The molecule has 0 unspecified atom stereocenters. The number of aromatic nitrogens is 4. The highest BCUT2D eigenvalue weighted by Gasteiger charge is 2.25. The van der Waals surface area contributed by atoms with Gasteiger partial charge in [-0.25, -0.2) is 14.5 Å². The van der Waals surface area contributed by atoms with Crippen LogP contribution in [0.4, 0.5) is 0 Å². The number of hydrogen-bond donors (Lipinski definition) is 1. The minimum atomic E-state index is -0.259. The highest BCUT2D eigenvalue weighted by molar-refractivity contribution is 7.19. The van der Waals surface area contributed by atoms with Crippen LogP contribution in [0.3, 0.4) is 0 Å². The van der Waals surface area contributed by atoms with Gasteiger partial charge in [-0.05, 0) is 37.2 Å². The van der Waals surface area contributed by atoms with E-state index < -0.39 is 0 Å². The number of carbonyl (C=O) groups is 1. The molecule has 0 saturated heterocycles. The standard InChI is InChI=1S/C17H21N5O2S/c1-10-5-3-6-11-12(10)13-15-20-14(16(23)18-7-4-8-24-2)21-22(15)9-19-17(13)25-11/h9-10H,3-8H2,1-2H3,(H,18,23)/t10-/m0/s1. The normalized spacial score (nSPS) is 17.1. The number of nitrogens with zero attached hydrogens (tertiary/aromatic N) is 4. The number of fused-ring (bicyclic) bond motifs is 5. The van der Waals surface area contributed by atoms with E-state index in [2.05, 4.69) is 27.3 Å². The SMILES string of the molecule is COCCCNC(=O)c1nc2c3c4c(sc3ncn2n1)CCC[C@@H]4C. The second kappa shape index (κ2) is 6.68. The molecule has 0 fully saturated rings. The molecule has 0 aromatic carbocycles. The number of carbonyl (C=O) groups excluding carboxylic acids is 1. The smallest absolute Gasteiger partial charge is 0.290 e. The molecule has 8 heteroatoms. The summed E-state index contributed by atoms with van der Waals surface area (Å²) in [4.78, 5) is 23.8. The molecule has 1 N–H and O–H groups in total. The number of ether oxygens (including phenoxy) is 1. The number of amides is 1. The van der Waals surface area contributed by atoms with E-state index in [4.69, 9.17) is 4.74 Å². The number of aryl methyl sites for hydroxylation is 1. The average molecular weight is 359 g/mol. The molecular formula is C17H21N5O2S. The maximum atomic E-state index is 12.3. The van der Waals surface area contributed by atoms with Crippen LogP contribution in [0.5, 0.6) is 0 Å². The minimum Gasteiger partial charge on any atom is -0.385 e. The molecule has 7 nitrogen and oxygen atoms in total. The molecule has 25 heavy (non-hydrogen) atoms. The van der Waals surface area contributed by atoms with Crippen LogP contribution in [0.25, 0.3) is 15.9 Å². The van der Waals surface area contributed by atoms with Gasteiger partial charge >= 0.3 is 0 Å². The molecule has 1 amide bonds. The van der Waals surface area contributed by atoms with E-state index in [0.29, 0.717) is 19.1 Å². The third-order valence-electron chi connectivity index (χ3n) is 4.69. The lowest BCUT2D eigenvalue weighted by molar-refractivity contribution is 0.0938. The lowest BCUT2D eigenvalue weighted by Gasteiger charge is -2.18. The summed E-state index contributed by atoms with van der Waals surface area (Å²) < 4.78 is 6.61. The first-order valence-electron chi connectivity index (χ1n) is 8.63. The molecule has 3 aromatic rings. The van der Waals surface area contributed by atoms with Crippen LogP contribution < -0.4 is 5.32 Å². The zero-order valence-corrected chi connectivity index (χ0v) is 15.2. The number of rotatable bonds is 5. The summed E-state index contributed by atoms with van der Waals surface area (Å²) in [5.41, 5.74) is 2.09. The minimum absolute atomic E-state index is 0.190. The Morgan fingerprint density at radius 1 is 1.52 bits per heavy atom. The Labute approximate surface area is 149 Å². The largest absolute Gasteiger partial charge is 0.385 e. The third-order valence-corrected chi connectivity index (χ3v) is 5.86. The Kier molecular flexibility index (Phi) is 4.39. The second-order valence-corrected chi connectivity index (χ2v) is 7.55. The van der Waals surface area contributed by atoms with Crippen molar-refractivity contribution in [2.45, 2.75) is 38.5 Å². The van der Waals surface area contributed by atoms with Gasteiger partial charge < -0.3 is 10.1 Å². The van der Waals surface area contributed by atoms with Crippen molar-refractivity contribution < 1.29 is 9.53 Å². The lowest BCUT2D eigenvalue weighted by Crippen LogP contribution is -2.26. The maximum Gasteiger partial charge on any atom is 0.290 e. The van der Waals surface area contributed by atoms with Crippen molar-refractivity contribution in [3.05, 3.63) is 22.6 Å². The van der Waals surface area contributed by atoms with E-state index in [-0.39, 0.29) is 11.7 Å². The van der Waals surface area contributed by atoms with E-state index in [1.807, 2.05) is 0 Å². The van der Waals surface area contributed by atoms with Gasteiger partial charge in [0, 0.05) is 25.1 Å². The van der Waals surface area contributed by atoms with E-state index in [1.54, 1.807) is 29.3 Å². The van der Waals surface area contributed by atoms with E-state index in [9.17, 15) is 4.79 Å². The van der Waals surface area contributed by atoms with Gasteiger partial charge in [-0.3, -0.25) is 4.79 Å². The van der Waals surface area contributed by atoms with Gasteiger partial charge in [0.05, 0.1) is 5.39 Å². The highest BCUT2D eigenvalue weighted by atomic mass is 32.1. The fourth-order valence-electron chi connectivity index (χ4n) is 3.48. The predicted octanol–water partition coefficient (Wildman–Crippen LogP) is 2.55. The summed E-state index contributed by atoms with van der Waals surface area (Å²) in [5.74, 6) is 0.425. The highest BCUT2D eigenvalue weighted by Crippen LogP contribution is 2.42. The van der Waals surface area contributed by atoms with E-state index >= 15 is 0 Å². The molecule has 0 radical (unpaired) electrons. The first kappa shape index (κ1) is 16.4. The molecule has 0 spiro atoms. The summed E-state index contributed by atoms with van der Waals surface area (Å²) >= 11 is 1.75. The Hall–Kier alpha value is -2.06. The Morgan fingerprint density at radius 2 is 2.40 bits per heavy atom. The molecule has 0 saturated carbocycles. The maximum absolute atomic E-state index is 12.3.